The number of carbonyl (C=O) groups excluding carboxylic acids is 2. The van der Waals surface area contributed by atoms with E-state index in [1.165, 1.54) is 6.33 Å². The van der Waals surface area contributed by atoms with Gasteiger partial charge in [-0.15, -0.1) is 0 Å². The molecule has 0 radical (unpaired) electrons. The lowest BCUT2D eigenvalue weighted by Crippen LogP contribution is -2.38. The monoisotopic (exact) mass is 602 g/mol. The van der Waals surface area contributed by atoms with E-state index in [0.29, 0.717) is 29.6 Å². The smallest absolute Gasteiger partial charge is 0.289 e. The lowest BCUT2D eigenvalue weighted by Gasteiger charge is -2.33. The van der Waals surface area contributed by atoms with Crippen LogP contribution in [0.3, 0.4) is 0 Å². The number of nitrogens with one attached hydrogen (secondary N) is 2. The summed E-state index contributed by atoms with van der Waals surface area (Å²) >= 11 is 0. The van der Waals surface area contributed by atoms with Crippen LogP contribution in [0, 0.1) is 23.7 Å². The molecular weight excluding hydrogens is 568 g/mol. The molecule has 14 heteroatoms. The summed E-state index contributed by atoms with van der Waals surface area (Å²) in [4.78, 5) is 39.6. The van der Waals surface area contributed by atoms with Gasteiger partial charge in [0.25, 0.3) is 11.8 Å². The predicted molar refractivity (Wildman–Crippen MR) is 144 cm³/mol. The third-order valence-electron chi connectivity index (χ3n) is 9.27. The van der Waals surface area contributed by atoms with Gasteiger partial charge in [0.15, 0.2) is 0 Å². The quantitative estimate of drug-likeness (QED) is 0.309. The highest BCUT2D eigenvalue weighted by molar-refractivity contribution is 5.90. The summed E-state index contributed by atoms with van der Waals surface area (Å²) in [6.45, 7) is 0.603. The Morgan fingerprint density at radius 1 is 0.953 bits per heavy atom. The molecule has 2 amide bonds. The van der Waals surface area contributed by atoms with Crippen LogP contribution >= 0.6 is 0 Å². The summed E-state index contributed by atoms with van der Waals surface area (Å²) < 4.78 is 58.1. The van der Waals surface area contributed by atoms with Gasteiger partial charge in [0.1, 0.15) is 6.33 Å². The van der Waals surface area contributed by atoms with Crippen LogP contribution < -0.4 is 10.6 Å². The number of halogens is 4. The molecule has 0 aromatic carbocycles. The highest BCUT2D eigenvalue weighted by Crippen LogP contribution is 2.51. The number of imidazole rings is 1. The van der Waals surface area contributed by atoms with Crippen LogP contribution in [0.2, 0.25) is 0 Å². The second kappa shape index (κ2) is 10.5. The van der Waals surface area contributed by atoms with E-state index in [9.17, 15) is 27.2 Å². The van der Waals surface area contributed by atoms with Gasteiger partial charge in [0.2, 0.25) is 23.4 Å². The zero-order chi connectivity index (χ0) is 29.9. The van der Waals surface area contributed by atoms with E-state index in [4.69, 9.17) is 9.97 Å². The van der Waals surface area contributed by atoms with Crippen molar-refractivity contribution in [3.63, 3.8) is 0 Å². The standard InChI is InChI=1S/C29H34F4N8O2/c30-28(31)8-5-18(6-9-28)24(39-26(43)25-34-15-35-41(25)13-16-1-2-16)21-14-40-10-7-20(36-27(40)37-21)23(17-3-4-17)38-22(42)11-19-12-29(19,32)33/h7,10,14-19,23-24H,1-6,8-9,11-13H2,(H,38,42)(H,39,43)/t19-,23+,24-/m0/s1. The Labute approximate surface area is 245 Å². The highest BCUT2D eigenvalue weighted by atomic mass is 19.3. The van der Waals surface area contributed by atoms with Gasteiger partial charge in [-0.1, -0.05) is 0 Å². The van der Waals surface area contributed by atoms with Crippen molar-refractivity contribution in [2.24, 2.45) is 23.7 Å². The van der Waals surface area contributed by atoms with Crippen molar-refractivity contribution in [3.05, 3.63) is 42.0 Å². The minimum absolute atomic E-state index is 0.164. The van der Waals surface area contributed by atoms with E-state index >= 15 is 0 Å². The van der Waals surface area contributed by atoms with Gasteiger partial charge in [-0.2, -0.15) is 5.10 Å². The van der Waals surface area contributed by atoms with E-state index in [0.717, 1.165) is 25.7 Å². The number of carbonyl (C=O) groups is 2. The molecular formula is C29H34F4N8O2. The maximum Gasteiger partial charge on any atom is 0.289 e. The topological polar surface area (TPSA) is 119 Å². The third kappa shape index (κ3) is 6.23. The fourth-order valence-corrected chi connectivity index (χ4v) is 6.19. The van der Waals surface area contributed by atoms with Crippen molar-refractivity contribution >= 4 is 17.6 Å². The Balaban J connectivity index is 1.13. The number of hydrogen-bond donors (Lipinski definition) is 2. The van der Waals surface area contributed by atoms with Crippen LogP contribution in [-0.2, 0) is 11.3 Å². The lowest BCUT2D eigenvalue weighted by atomic mass is 9.81. The maximum atomic E-state index is 14.1. The van der Waals surface area contributed by atoms with E-state index in [1.807, 2.05) is 0 Å². The van der Waals surface area contributed by atoms with E-state index < -0.39 is 41.7 Å². The van der Waals surface area contributed by atoms with Crippen LogP contribution in [0.15, 0.2) is 24.8 Å². The maximum absolute atomic E-state index is 14.1. The van der Waals surface area contributed by atoms with Crippen molar-refractivity contribution < 1.29 is 27.2 Å². The summed E-state index contributed by atoms with van der Waals surface area (Å²) in [7, 11) is 0. The minimum atomic E-state index is -2.76. The number of rotatable bonds is 11. The number of aromatic nitrogens is 6. The zero-order valence-corrected chi connectivity index (χ0v) is 23.6. The molecule has 0 bridgehead atoms. The van der Waals surface area contributed by atoms with Crippen LogP contribution in [0.25, 0.3) is 5.78 Å². The van der Waals surface area contributed by atoms with E-state index in [1.54, 1.807) is 27.5 Å². The first-order valence-electron chi connectivity index (χ1n) is 15.1. The van der Waals surface area contributed by atoms with Gasteiger partial charge in [0.05, 0.1) is 23.5 Å². The van der Waals surface area contributed by atoms with Gasteiger partial charge in [-0.25, -0.2) is 37.2 Å². The molecule has 0 spiro atoms. The number of alkyl halides is 4. The molecule has 3 heterocycles. The molecule has 7 rings (SSSR count). The number of fused-ring (bicyclic) bond motifs is 1. The van der Waals surface area contributed by atoms with Crippen molar-refractivity contribution in [2.45, 2.75) is 94.7 Å². The SMILES string of the molecule is O=C(C[C@H]1CC1(F)F)N[C@@H](c1ccn2cc([C@@H](NC(=O)c3ncnn3CC3CC3)C3CCC(F)(F)CC3)nc2n1)C1CC1. The molecule has 230 valence electrons. The molecule has 0 saturated heterocycles. The van der Waals surface area contributed by atoms with Crippen molar-refractivity contribution in [3.8, 4) is 0 Å². The van der Waals surface area contributed by atoms with Crippen molar-refractivity contribution in [2.75, 3.05) is 0 Å². The van der Waals surface area contributed by atoms with Gasteiger partial charge in [-0.05, 0) is 62.3 Å². The van der Waals surface area contributed by atoms with Gasteiger partial charge in [0, 0.05) is 50.5 Å². The first-order chi connectivity index (χ1) is 20.5. The Morgan fingerprint density at radius 3 is 2.30 bits per heavy atom. The zero-order valence-electron chi connectivity index (χ0n) is 23.6. The lowest BCUT2D eigenvalue weighted by molar-refractivity contribution is -0.123. The predicted octanol–water partition coefficient (Wildman–Crippen LogP) is 4.64. The minimum Gasteiger partial charge on any atom is -0.347 e. The van der Waals surface area contributed by atoms with Crippen molar-refractivity contribution in [1.29, 1.82) is 0 Å². The molecule has 4 fully saturated rings. The Bertz CT molecular complexity index is 1520. The number of nitrogens with zero attached hydrogens (tertiary/aromatic N) is 6. The molecule has 10 nitrogen and oxygen atoms in total. The molecule has 2 N–H and O–H groups in total. The second-order valence-corrected chi connectivity index (χ2v) is 12.8. The molecule has 3 atom stereocenters. The summed E-state index contributed by atoms with van der Waals surface area (Å²) in [5.74, 6) is -6.39. The van der Waals surface area contributed by atoms with Crippen LogP contribution in [0.5, 0.6) is 0 Å². The molecule has 4 aliphatic rings. The first-order valence-corrected chi connectivity index (χ1v) is 15.1. The van der Waals surface area contributed by atoms with E-state index in [2.05, 4.69) is 20.7 Å². The number of hydrogen-bond acceptors (Lipinski definition) is 6. The molecule has 4 saturated carbocycles. The van der Waals surface area contributed by atoms with Crippen LogP contribution in [0.4, 0.5) is 17.6 Å². The summed E-state index contributed by atoms with van der Waals surface area (Å²) in [6.07, 6.45) is 8.19. The first kappa shape index (κ1) is 28.2. The Hall–Kier alpha value is -3.58. The third-order valence-corrected chi connectivity index (χ3v) is 9.27. The van der Waals surface area contributed by atoms with Gasteiger partial charge >= 0.3 is 0 Å². The van der Waals surface area contributed by atoms with Crippen molar-refractivity contribution in [1.82, 2.24) is 39.8 Å². The largest absolute Gasteiger partial charge is 0.347 e. The normalized spacial score (nSPS) is 24.4. The average Bonchev–Trinajstić information content (AvgIpc) is 3.91. The summed E-state index contributed by atoms with van der Waals surface area (Å²) in [5.41, 5.74) is 1.07. The second-order valence-electron chi connectivity index (χ2n) is 12.8. The molecule has 3 aromatic heterocycles. The number of amides is 2. The fraction of sp³-hybridized carbons (Fsp3) is 0.655. The van der Waals surface area contributed by atoms with E-state index in [-0.39, 0.29) is 56.2 Å². The van der Waals surface area contributed by atoms with Gasteiger partial charge < -0.3 is 10.6 Å². The Kier molecular flexibility index (Phi) is 6.92. The highest BCUT2D eigenvalue weighted by Gasteiger charge is 2.57. The van der Waals surface area contributed by atoms with Gasteiger partial charge in [-0.3, -0.25) is 14.0 Å². The molecule has 0 aliphatic heterocycles. The Morgan fingerprint density at radius 2 is 1.63 bits per heavy atom. The fourth-order valence-electron chi connectivity index (χ4n) is 6.19. The molecule has 43 heavy (non-hydrogen) atoms. The summed E-state index contributed by atoms with van der Waals surface area (Å²) in [5, 5.41) is 10.1. The molecule has 4 aliphatic carbocycles. The average molecular weight is 603 g/mol. The summed E-state index contributed by atoms with van der Waals surface area (Å²) in [6, 6.07) is 0.695. The molecule has 0 unspecified atom stereocenters. The van der Waals surface area contributed by atoms with Crippen LogP contribution in [0.1, 0.15) is 98.3 Å². The van der Waals surface area contributed by atoms with Crippen LogP contribution in [-0.4, -0.2) is 52.8 Å². The molecule has 3 aromatic rings.